The second-order valence-corrected chi connectivity index (χ2v) is 7.48. The Labute approximate surface area is 182 Å². The van der Waals surface area contributed by atoms with Gasteiger partial charge in [0.25, 0.3) is 0 Å². The SMILES string of the molecule is CCOc1ccc2c(c1)OCCC1C2OCCN1CCN(C)C.O=C(O)/C=C/C(=O)O. The van der Waals surface area contributed by atoms with Crippen LogP contribution in [0.2, 0.25) is 0 Å². The van der Waals surface area contributed by atoms with Crippen molar-refractivity contribution in [2.75, 3.05) is 53.6 Å². The van der Waals surface area contributed by atoms with Crippen LogP contribution < -0.4 is 9.47 Å². The minimum Gasteiger partial charge on any atom is -0.494 e. The highest BCUT2D eigenvalue weighted by Gasteiger charge is 2.36. The first-order valence-electron chi connectivity index (χ1n) is 10.4. The summed E-state index contributed by atoms with van der Waals surface area (Å²) >= 11 is 0. The molecular formula is C22H32N2O7. The summed E-state index contributed by atoms with van der Waals surface area (Å²) in [7, 11) is 4.25. The highest BCUT2D eigenvalue weighted by Crippen LogP contribution is 2.39. The molecule has 2 unspecified atom stereocenters. The summed E-state index contributed by atoms with van der Waals surface area (Å²) in [6, 6.07) is 6.53. The molecule has 0 radical (unpaired) electrons. The molecule has 31 heavy (non-hydrogen) atoms. The van der Waals surface area contributed by atoms with Gasteiger partial charge in [0.15, 0.2) is 0 Å². The second-order valence-electron chi connectivity index (χ2n) is 7.48. The van der Waals surface area contributed by atoms with Crippen molar-refractivity contribution in [3.63, 3.8) is 0 Å². The summed E-state index contributed by atoms with van der Waals surface area (Å²) < 4.78 is 17.8. The molecule has 0 bridgehead atoms. The first kappa shape index (κ1) is 24.6. The van der Waals surface area contributed by atoms with Gasteiger partial charge in [0.2, 0.25) is 0 Å². The maximum Gasteiger partial charge on any atom is 0.328 e. The Morgan fingerprint density at radius 1 is 1.23 bits per heavy atom. The summed E-state index contributed by atoms with van der Waals surface area (Å²) in [6.07, 6.45) is 2.21. The van der Waals surface area contributed by atoms with E-state index in [9.17, 15) is 9.59 Å². The van der Waals surface area contributed by atoms with Crippen LogP contribution in [0, 0.1) is 0 Å². The standard InChI is InChI=1S/C18H28N2O3.C4H4O4/c1-4-21-14-5-6-15-17(13-14)22-11-7-16-18(15)23-12-10-20(16)9-8-19(2)3;5-3(6)1-2-4(7)8/h5-6,13,16,18H,4,7-12H2,1-3H3;1-2H,(H,5,6)(H,7,8)/b;2-1+. The molecule has 2 aliphatic heterocycles. The number of morpholine rings is 1. The number of rotatable bonds is 7. The smallest absolute Gasteiger partial charge is 0.328 e. The number of aliphatic carboxylic acids is 2. The van der Waals surface area contributed by atoms with Crippen molar-refractivity contribution in [2.45, 2.75) is 25.5 Å². The number of carboxylic acids is 2. The van der Waals surface area contributed by atoms with Gasteiger partial charge < -0.3 is 29.3 Å². The number of benzene rings is 1. The van der Waals surface area contributed by atoms with Gasteiger partial charge in [-0.2, -0.15) is 0 Å². The maximum absolute atomic E-state index is 9.55. The highest BCUT2D eigenvalue weighted by molar-refractivity contribution is 5.89. The highest BCUT2D eigenvalue weighted by atomic mass is 16.5. The van der Waals surface area contributed by atoms with Crippen molar-refractivity contribution in [1.82, 2.24) is 9.80 Å². The lowest BCUT2D eigenvalue weighted by molar-refractivity contribution is -0.134. The minimum absolute atomic E-state index is 0.0964. The van der Waals surface area contributed by atoms with Gasteiger partial charge in [-0.1, -0.05) is 0 Å². The average molecular weight is 437 g/mol. The van der Waals surface area contributed by atoms with E-state index in [2.05, 4.69) is 30.0 Å². The fourth-order valence-corrected chi connectivity index (χ4v) is 3.57. The topological polar surface area (TPSA) is 109 Å². The summed E-state index contributed by atoms with van der Waals surface area (Å²) in [6.45, 7) is 7.31. The van der Waals surface area contributed by atoms with Crippen LogP contribution in [0.1, 0.15) is 25.0 Å². The average Bonchev–Trinajstić information content (AvgIpc) is 2.90. The van der Waals surface area contributed by atoms with Crippen molar-refractivity contribution in [2.24, 2.45) is 0 Å². The molecule has 0 aliphatic carbocycles. The lowest BCUT2D eigenvalue weighted by Crippen LogP contribution is -2.49. The van der Waals surface area contributed by atoms with Gasteiger partial charge in [-0.15, -0.1) is 0 Å². The molecule has 2 atom stereocenters. The van der Waals surface area contributed by atoms with E-state index in [1.165, 1.54) is 0 Å². The maximum atomic E-state index is 9.55. The van der Waals surface area contributed by atoms with Crippen molar-refractivity contribution in [3.05, 3.63) is 35.9 Å². The molecule has 3 rings (SSSR count). The van der Waals surface area contributed by atoms with E-state index in [4.69, 9.17) is 24.4 Å². The molecule has 1 aromatic carbocycles. The number of carboxylic acid groups (broad SMARTS) is 2. The molecule has 9 nitrogen and oxygen atoms in total. The van der Waals surface area contributed by atoms with Crippen LogP contribution in [-0.2, 0) is 14.3 Å². The normalized spacial score (nSPS) is 20.6. The van der Waals surface area contributed by atoms with Gasteiger partial charge in [0, 0.05) is 49.5 Å². The fraction of sp³-hybridized carbons (Fsp3) is 0.545. The van der Waals surface area contributed by atoms with Crippen molar-refractivity contribution in [3.8, 4) is 11.5 Å². The van der Waals surface area contributed by atoms with Gasteiger partial charge in [0.05, 0.1) is 19.8 Å². The van der Waals surface area contributed by atoms with Crippen LogP contribution in [0.25, 0.3) is 0 Å². The third kappa shape index (κ3) is 7.86. The minimum atomic E-state index is -1.26. The van der Waals surface area contributed by atoms with Crippen LogP contribution in [-0.4, -0.2) is 91.5 Å². The van der Waals surface area contributed by atoms with Crippen molar-refractivity contribution >= 4 is 11.9 Å². The monoisotopic (exact) mass is 436 g/mol. The molecule has 0 amide bonds. The van der Waals surface area contributed by atoms with Crippen LogP contribution in [0.3, 0.4) is 0 Å². The molecule has 0 spiro atoms. The Bertz CT molecular complexity index is 750. The van der Waals surface area contributed by atoms with E-state index in [0.29, 0.717) is 24.8 Å². The molecule has 1 saturated heterocycles. The Balaban J connectivity index is 0.000000366. The quantitative estimate of drug-likeness (QED) is 0.619. The number of hydrogen-bond acceptors (Lipinski definition) is 7. The summed E-state index contributed by atoms with van der Waals surface area (Å²) in [5.74, 6) is -0.734. The number of hydrogen-bond donors (Lipinski definition) is 2. The Kier molecular flexibility index (Phi) is 9.77. The third-order valence-electron chi connectivity index (χ3n) is 4.97. The lowest BCUT2D eigenvalue weighted by atomic mass is 9.97. The Morgan fingerprint density at radius 3 is 2.55 bits per heavy atom. The number of fused-ring (bicyclic) bond motifs is 3. The van der Waals surface area contributed by atoms with E-state index in [0.717, 1.165) is 56.3 Å². The van der Waals surface area contributed by atoms with E-state index < -0.39 is 11.9 Å². The Hall–Kier alpha value is -2.62. The molecule has 2 aliphatic rings. The first-order chi connectivity index (χ1) is 14.8. The first-order valence-corrected chi connectivity index (χ1v) is 10.4. The largest absolute Gasteiger partial charge is 0.494 e. The van der Waals surface area contributed by atoms with E-state index >= 15 is 0 Å². The molecule has 9 heteroatoms. The van der Waals surface area contributed by atoms with Gasteiger partial charge in [-0.3, -0.25) is 4.90 Å². The van der Waals surface area contributed by atoms with Crippen LogP contribution in [0.15, 0.2) is 30.4 Å². The van der Waals surface area contributed by atoms with E-state index in [-0.39, 0.29) is 6.10 Å². The van der Waals surface area contributed by atoms with Crippen molar-refractivity contribution in [1.29, 1.82) is 0 Å². The van der Waals surface area contributed by atoms with Gasteiger partial charge >= 0.3 is 11.9 Å². The Morgan fingerprint density at radius 2 is 1.94 bits per heavy atom. The molecule has 1 fully saturated rings. The van der Waals surface area contributed by atoms with E-state index in [1.807, 2.05) is 19.1 Å². The lowest BCUT2D eigenvalue weighted by Gasteiger charge is -2.40. The van der Waals surface area contributed by atoms with E-state index in [1.54, 1.807) is 0 Å². The molecule has 2 heterocycles. The zero-order valence-corrected chi connectivity index (χ0v) is 18.3. The number of nitrogens with zero attached hydrogens (tertiary/aromatic N) is 2. The molecule has 1 aromatic rings. The summed E-state index contributed by atoms with van der Waals surface area (Å²) in [4.78, 5) is 23.9. The number of ether oxygens (including phenoxy) is 3. The van der Waals surface area contributed by atoms with Crippen LogP contribution in [0.4, 0.5) is 0 Å². The van der Waals surface area contributed by atoms with Gasteiger partial charge in [-0.25, -0.2) is 9.59 Å². The van der Waals surface area contributed by atoms with Crippen LogP contribution in [0.5, 0.6) is 11.5 Å². The molecule has 0 saturated carbocycles. The number of carbonyl (C=O) groups is 2. The number of likely N-dealkylation sites (N-methyl/N-ethyl adjacent to an activating group) is 1. The summed E-state index contributed by atoms with van der Waals surface area (Å²) in [5, 5.41) is 15.6. The molecule has 172 valence electrons. The zero-order valence-electron chi connectivity index (χ0n) is 18.3. The third-order valence-corrected chi connectivity index (χ3v) is 4.97. The second kappa shape index (κ2) is 12.3. The predicted molar refractivity (Wildman–Crippen MR) is 115 cm³/mol. The zero-order chi connectivity index (χ0) is 22.8. The molecular weight excluding hydrogens is 404 g/mol. The summed E-state index contributed by atoms with van der Waals surface area (Å²) in [5.41, 5.74) is 1.16. The van der Waals surface area contributed by atoms with Crippen LogP contribution >= 0.6 is 0 Å². The fourth-order valence-electron chi connectivity index (χ4n) is 3.57. The van der Waals surface area contributed by atoms with Gasteiger partial charge in [-0.05, 0) is 39.6 Å². The molecule has 0 aromatic heterocycles. The molecule has 2 N–H and O–H groups in total. The predicted octanol–water partition coefficient (Wildman–Crippen LogP) is 1.88. The van der Waals surface area contributed by atoms with Crippen molar-refractivity contribution < 1.29 is 34.0 Å². The van der Waals surface area contributed by atoms with Gasteiger partial charge in [0.1, 0.15) is 17.6 Å².